The van der Waals surface area contributed by atoms with E-state index in [-0.39, 0.29) is 11.4 Å². The second kappa shape index (κ2) is 5.43. The number of benzene rings is 1. The Morgan fingerprint density at radius 1 is 1.42 bits per heavy atom. The third kappa shape index (κ3) is 2.67. The lowest BCUT2D eigenvalue weighted by Gasteiger charge is -2.08. The van der Waals surface area contributed by atoms with Crippen molar-refractivity contribution >= 4 is 11.8 Å². The highest BCUT2D eigenvalue weighted by molar-refractivity contribution is 5.94. The number of aromatic nitrogens is 2. The number of hydrogen-bond acceptors (Lipinski definition) is 5. The number of nitrogens with one attached hydrogen (secondary N) is 1. The number of carbonyl (C=O) groups is 1. The lowest BCUT2D eigenvalue weighted by molar-refractivity contribution is 0.0601. The minimum atomic E-state index is -0.532. The molecule has 1 aromatic carbocycles. The molecule has 0 unspecified atom stereocenters. The minimum absolute atomic E-state index is 0.227. The first kappa shape index (κ1) is 12.9. The normalized spacial score (nSPS) is 10.1. The topological polar surface area (TPSA) is 64.1 Å². The fourth-order valence-corrected chi connectivity index (χ4v) is 1.60. The Kier molecular flexibility index (Phi) is 3.70. The van der Waals surface area contributed by atoms with Crippen molar-refractivity contribution in [1.82, 2.24) is 9.97 Å². The molecule has 0 fully saturated rings. The lowest BCUT2D eigenvalue weighted by Crippen LogP contribution is -2.09. The van der Waals surface area contributed by atoms with E-state index in [4.69, 9.17) is 0 Å². The van der Waals surface area contributed by atoms with Gasteiger partial charge in [0.2, 0.25) is 0 Å². The van der Waals surface area contributed by atoms with Gasteiger partial charge in [-0.2, -0.15) is 0 Å². The Morgan fingerprint density at radius 2 is 2.21 bits per heavy atom. The van der Waals surface area contributed by atoms with Crippen molar-refractivity contribution in [3.63, 3.8) is 0 Å². The highest BCUT2D eigenvalue weighted by atomic mass is 19.1. The molecule has 0 amide bonds. The van der Waals surface area contributed by atoms with Crippen molar-refractivity contribution in [2.45, 2.75) is 0 Å². The Bertz CT molecular complexity index is 617. The SMILES string of the molecule is CNc1nc(-c2cccc(F)c2)ncc1C(=O)OC. The summed E-state index contributed by atoms with van der Waals surface area (Å²) in [6, 6.07) is 5.93. The van der Waals surface area contributed by atoms with Crippen LogP contribution in [0.25, 0.3) is 11.4 Å². The van der Waals surface area contributed by atoms with Crippen molar-refractivity contribution in [2.75, 3.05) is 19.5 Å². The van der Waals surface area contributed by atoms with Gasteiger partial charge >= 0.3 is 5.97 Å². The second-order valence-corrected chi connectivity index (χ2v) is 3.71. The molecule has 1 aromatic heterocycles. The van der Waals surface area contributed by atoms with Crippen molar-refractivity contribution < 1.29 is 13.9 Å². The molecule has 0 radical (unpaired) electrons. The van der Waals surface area contributed by atoms with Gasteiger partial charge in [-0.15, -0.1) is 0 Å². The number of hydrogen-bond donors (Lipinski definition) is 1. The van der Waals surface area contributed by atoms with Gasteiger partial charge in [-0.1, -0.05) is 12.1 Å². The summed E-state index contributed by atoms with van der Waals surface area (Å²) in [7, 11) is 2.91. The summed E-state index contributed by atoms with van der Waals surface area (Å²) in [5.74, 6) is -0.239. The van der Waals surface area contributed by atoms with Crippen LogP contribution in [0.5, 0.6) is 0 Å². The average molecular weight is 261 g/mol. The van der Waals surface area contributed by atoms with E-state index in [1.54, 1.807) is 19.2 Å². The van der Waals surface area contributed by atoms with Crippen LogP contribution in [0.1, 0.15) is 10.4 Å². The Hall–Kier alpha value is -2.50. The third-order valence-corrected chi connectivity index (χ3v) is 2.51. The second-order valence-electron chi connectivity index (χ2n) is 3.71. The van der Waals surface area contributed by atoms with E-state index in [2.05, 4.69) is 20.0 Å². The number of anilines is 1. The lowest BCUT2D eigenvalue weighted by atomic mass is 10.2. The van der Waals surface area contributed by atoms with Crippen LogP contribution in [0.3, 0.4) is 0 Å². The largest absolute Gasteiger partial charge is 0.465 e. The van der Waals surface area contributed by atoms with Crippen molar-refractivity contribution in [2.24, 2.45) is 0 Å². The maximum Gasteiger partial charge on any atom is 0.343 e. The summed E-state index contributed by atoms with van der Waals surface area (Å²) in [5, 5.41) is 2.79. The van der Waals surface area contributed by atoms with Crippen molar-refractivity contribution in [1.29, 1.82) is 0 Å². The van der Waals surface area contributed by atoms with E-state index in [0.717, 1.165) is 0 Å². The molecule has 1 heterocycles. The van der Waals surface area contributed by atoms with Crippen LogP contribution in [-0.2, 0) is 4.74 Å². The third-order valence-electron chi connectivity index (χ3n) is 2.51. The van der Waals surface area contributed by atoms with Gasteiger partial charge in [0.15, 0.2) is 5.82 Å². The van der Waals surface area contributed by atoms with Gasteiger partial charge < -0.3 is 10.1 Å². The van der Waals surface area contributed by atoms with E-state index in [1.807, 2.05) is 0 Å². The molecule has 0 aliphatic rings. The van der Waals surface area contributed by atoms with Crippen molar-refractivity contribution in [3.8, 4) is 11.4 Å². The molecule has 1 N–H and O–H groups in total. The molecule has 0 aliphatic heterocycles. The fourth-order valence-electron chi connectivity index (χ4n) is 1.60. The van der Waals surface area contributed by atoms with Gasteiger partial charge in [0, 0.05) is 18.8 Å². The first-order valence-electron chi connectivity index (χ1n) is 5.54. The predicted octanol–water partition coefficient (Wildman–Crippen LogP) is 2.11. The fraction of sp³-hybridized carbons (Fsp3) is 0.154. The number of ether oxygens (including phenoxy) is 1. The molecule has 0 saturated heterocycles. The predicted molar refractivity (Wildman–Crippen MR) is 68.3 cm³/mol. The minimum Gasteiger partial charge on any atom is -0.465 e. The van der Waals surface area contributed by atoms with Crippen LogP contribution in [0.4, 0.5) is 10.2 Å². The van der Waals surface area contributed by atoms with Crippen LogP contribution >= 0.6 is 0 Å². The first-order valence-corrected chi connectivity index (χ1v) is 5.54. The van der Waals surface area contributed by atoms with Crippen LogP contribution in [0.15, 0.2) is 30.5 Å². The molecule has 5 nitrogen and oxygen atoms in total. The molecule has 6 heteroatoms. The summed E-state index contributed by atoms with van der Waals surface area (Å²) >= 11 is 0. The summed E-state index contributed by atoms with van der Waals surface area (Å²) in [4.78, 5) is 19.7. The maximum absolute atomic E-state index is 13.2. The highest BCUT2D eigenvalue weighted by Crippen LogP contribution is 2.20. The molecule has 0 spiro atoms. The van der Waals surface area contributed by atoms with Crippen LogP contribution in [0.2, 0.25) is 0 Å². The molecule has 98 valence electrons. The molecule has 19 heavy (non-hydrogen) atoms. The number of nitrogens with zero attached hydrogens (tertiary/aromatic N) is 2. The molecule has 0 saturated carbocycles. The zero-order valence-corrected chi connectivity index (χ0v) is 10.5. The summed E-state index contributed by atoms with van der Waals surface area (Å²) < 4.78 is 17.8. The Labute approximate surface area is 109 Å². The summed E-state index contributed by atoms with van der Waals surface area (Å²) in [5.41, 5.74) is 0.762. The molecule has 2 rings (SSSR count). The van der Waals surface area contributed by atoms with Crippen LogP contribution < -0.4 is 5.32 Å². The van der Waals surface area contributed by atoms with Gasteiger partial charge in [0.25, 0.3) is 0 Å². The Morgan fingerprint density at radius 3 is 2.84 bits per heavy atom. The van der Waals surface area contributed by atoms with E-state index in [0.29, 0.717) is 17.2 Å². The standard InChI is InChI=1S/C13H12FN3O2/c1-15-12-10(13(18)19-2)7-16-11(17-12)8-4-3-5-9(14)6-8/h3-7H,1-2H3,(H,15,16,17). The average Bonchev–Trinajstić information content (AvgIpc) is 2.45. The number of carbonyl (C=O) groups excluding carboxylic acids is 1. The smallest absolute Gasteiger partial charge is 0.343 e. The van der Waals surface area contributed by atoms with Gasteiger partial charge in [0.1, 0.15) is 17.2 Å². The van der Waals surface area contributed by atoms with E-state index in [1.165, 1.54) is 25.4 Å². The zero-order valence-electron chi connectivity index (χ0n) is 10.5. The number of halogens is 1. The quantitative estimate of drug-likeness (QED) is 0.857. The molecule has 0 aliphatic carbocycles. The summed E-state index contributed by atoms with van der Waals surface area (Å²) in [6.07, 6.45) is 1.35. The Balaban J connectivity index is 2.47. The molecule has 0 atom stereocenters. The molecule has 2 aromatic rings. The van der Waals surface area contributed by atoms with Crippen LogP contribution in [-0.4, -0.2) is 30.1 Å². The number of rotatable bonds is 3. The highest BCUT2D eigenvalue weighted by Gasteiger charge is 2.14. The van der Waals surface area contributed by atoms with E-state index < -0.39 is 5.97 Å². The van der Waals surface area contributed by atoms with Gasteiger partial charge in [-0.3, -0.25) is 0 Å². The van der Waals surface area contributed by atoms with Crippen LogP contribution in [0, 0.1) is 5.82 Å². The number of methoxy groups -OCH3 is 1. The van der Waals surface area contributed by atoms with E-state index in [9.17, 15) is 9.18 Å². The number of esters is 1. The maximum atomic E-state index is 13.2. The van der Waals surface area contributed by atoms with Gasteiger partial charge in [-0.05, 0) is 12.1 Å². The monoisotopic (exact) mass is 261 g/mol. The molecule has 0 bridgehead atoms. The molecular formula is C13H12FN3O2. The van der Waals surface area contributed by atoms with E-state index >= 15 is 0 Å². The van der Waals surface area contributed by atoms with Gasteiger partial charge in [0.05, 0.1) is 7.11 Å². The first-order chi connectivity index (χ1) is 9.15. The zero-order chi connectivity index (χ0) is 13.8. The van der Waals surface area contributed by atoms with Crippen molar-refractivity contribution in [3.05, 3.63) is 41.8 Å². The summed E-state index contributed by atoms with van der Waals surface area (Å²) in [6.45, 7) is 0. The van der Waals surface area contributed by atoms with Gasteiger partial charge in [-0.25, -0.2) is 19.2 Å². The molecular weight excluding hydrogens is 249 g/mol.